The Labute approximate surface area is 106 Å². The SMILES string of the molecule is C#CC(C)(C)Oc1cnn(C2CCCO2)c(=O)c1. The van der Waals surface area contributed by atoms with Crippen molar-refractivity contribution in [3.63, 3.8) is 0 Å². The van der Waals surface area contributed by atoms with Crippen molar-refractivity contribution < 1.29 is 9.47 Å². The van der Waals surface area contributed by atoms with Gasteiger partial charge >= 0.3 is 0 Å². The van der Waals surface area contributed by atoms with Crippen LogP contribution in [0.5, 0.6) is 5.75 Å². The summed E-state index contributed by atoms with van der Waals surface area (Å²) in [7, 11) is 0. The molecule has 1 aliphatic heterocycles. The summed E-state index contributed by atoms with van der Waals surface area (Å²) in [6.07, 6.45) is 8.31. The van der Waals surface area contributed by atoms with Crippen molar-refractivity contribution in [1.29, 1.82) is 0 Å². The van der Waals surface area contributed by atoms with Crippen molar-refractivity contribution in [2.45, 2.75) is 38.5 Å². The van der Waals surface area contributed by atoms with Crippen molar-refractivity contribution in [3.8, 4) is 18.1 Å². The van der Waals surface area contributed by atoms with Crippen LogP contribution in [0.4, 0.5) is 0 Å². The van der Waals surface area contributed by atoms with E-state index in [9.17, 15) is 4.79 Å². The monoisotopic (exact) mass is 248 g/mol. The maximum Gasteiger partial charge on any atom is 0.272 e. The first-order chi connectivity index (χ1) is 8.52. The summed E-state index contributed by atoms with van der Waals surface area (Å²) in [4.78, 5) is 11.9. The quantitative estimate of drug-likeness (QED) is 0.757. The molecule has 1 fully saturated rings. The molecule has 96 valence electrons. The highest BCUT2D eigenvalue weighted by Gasteiger charge is 2.21. The van der Waals surface area contributed by atoms with Gasteiger partial charge in [0.1, 0.15) is 5.75 Å². The lowest BCUT2D eigenvalue weighted by Gasteiger charge is -2.20. The van der Waals surface area contributed by atoms with E-state index in [2.05, 4.69) is 11.0 Å². The van der Waals surface area contributed by atoms with Gasteiger partial charge < -0.3 is 9.47 Å². The maximum absolute atomic E-state index is 11.9. The minimum Gasteiger partial charge on any atom is -0.473 e. The molecule has 1 aromatic heterocycles. The first-order valence-electron chi connectivity index (χ1n) is 5.89. The van der Waals surface area contributed by atoms with E-state index in [1.807, 2.05) is 0 Å². The lowest BCUT2D eigenvalue weighted by molar-refractivity contribution is 0.0421. The molecule has 1 saturated heterocycles. The number of hydrogen-bond donors (Lipinski definition) is 0. The van der Waals surface area contributed by atoms with E-state index in [4.69, 9.17) is 15.9 Å². The molecule has 0 bridgehead atoms. The van der Waals surface area contributed by atoms with Crippen LogP contribution < -0.4 is 10.3 Å². The molecule has 0 spiro atoms. The molecule has 2 rings (SSSR count). The van der Waals surface area contributed by atoms with Crippen molar-refractivity contribution >= 4 is 0 Å². The fourth-order valence-electron chi connectivity index (χ4n) is 1.75. The molecule has 1 aliphatic rings. The fourth-order valence-corrected chi connectivity index (χ4v) is 1.75. The van der Waals surface area contributed by atoms with E-state index >= 15 is 0 Å². The van der Waals surface area contributed by atoms with E-state index in [1.54, 1.807) is 13.8 Å². The molecular formula is C13H16N2O3. The molecule has 5 heteroatoms. The van der Waals surface area contributed by atoms with E-state index in [1.165, 1.54) is 16.9 Å². The molecule has 2 heterocycles. The normalized spacial score (nSPS) is 19.5. The van der Waals surface area contributed by atoms with Gasteiger partial charge in [-0.15, -0.1) is 6.42 Å². The molecular weight excluding hydrogens is 232 g/mol. The zero-order valence-corrected chi connectivity index (χ0v) is 10.5. The first-order valence-corrected chi connectivity index (χ1v) is 5.89. The second-order valence-electron chi connectivity index (χ2n) is 4.70. The number of terminal acetylenes is 1. The van der Waals surface area contributed by atoms with Gasteiger partial charge in [0.05, 0.1) is 6.20 Å². The van der Waals surface area contributed by atoms with Crippen molar-refractivity contribution in [3.05, 3.63) is 22.6 Å². The van der Waals surface area contributed by atoms with Gasteiger partial charge in [-0.2, -0.15) is 5.10 Å². The third-order valence-electron chi connectivity index (χ3n) is 2.70. The Hall–Kier alpha value is -1.80. The Morgan fingerprint density at radius 3 is 3.00 bits per heavy atom. The molecule has 0 N–H and O–H groups in total. The van der Waals surface area contributed by atoms with Crippen LogP contribution >= 0.6 is 0 Å². The number of ether oxygens (including phenoxy) is 2. The smallest absolute Gasteiger partial charge is 0.272 e. The minimum atomic E-state index is -0.760. The van der Waals surface area contributed by atoms with Crippen molar-refractivity contribution in [1.82, 2.24) is 9.78 Å². The fraction of sp³-hybridized carbons (Fsp3) is 0.538. The van der Waals surface area contributed by atoms with Crippen LogP contribution in [0.2, 0.25) is 0 Å². The summed E-state index contributed by atoms with van der Waals surface area (Å²) >= 11 is 0. The average Bonchev–Trinajstić information content (AvgIpc) is 2.82. The van der Waals surface area contributed by atoms with Gasteiger partial charge in [0.2, 0.25) is 0 Å². The zero-order valence-electron chi connectivity index (χ0n) is 10.5. The lowest BCUT2D eigenvalue weighted by Crippen LogP contribution is -2.29. The predicted octanol–water partition coefficient (Wildman–Crippen LogP) is 1.34. The Balaban J connectivity index is 2.20. The number of hydrogen-bond acceptors (Lipinski definition) is 4. The molecule has 1 aromatic rings. The van der Waals surface area contributed by atoms with Crippen LogP contribution in [0.25, 0.3) is 0 Å². The Kier molecular flexibility index (Phi) is 3.39. The highest BCUT2D eigenvalue weighted by atomic mass is 16.5. The van der Waals surface area contributed by atoms with Crippen LogP contribution in [-0.4, -0.2) is 22.0 Å². The van der Waals surface area contributed by atoms with Crippen LogP contribution in [-0.2, 0) is 4.74 Å². The van der Waals surface area contributed by atoms with Gasteiger partial charge in [-0.3, -0.25) is 4.79 Å². The van der Waals surface area contributed by atoms with Crippen LogP contribution in [0.1, 0.15) is 32.9 Å². The molecule has 0 amide bonds. The molecule has 0 aromatic carbocycles. The zero-order chi connectivity index (χ0) is 13.2. The average molecular weight is 248 g/mol. The summed E-state index contributed by atoms with van der Waals surface area (Å²) < 4.78 is 12.2. The van der Waals surface area contributed by atoms with Gasteiger partial charge in [-0.05, 0) is 26.7 Å². The number of aromatic nitrogens is 2. The third-order valence-corrected chi connectivity index (χ3v) is 2.70. The second-order valence-corrected chi connectivity index (χ2v) is 4.70. The van der Waals surface area contributed by atoms with Gasteiger partial charge in [-0.1, -0.05) is 5.92 Å². The van der Waals surface area contributed by atoms with Crippen LogP contribution in [0.3, 0.4) is 0 Å². The minimum absolute atomic E-state index is 0.243. The van der Waals surface area contributed by atoms with Crippen LogP contribution in [0, 0.1) is 12.3 Å². The number of rotatable bonds is 3. The second kappa shape index (κ2) is 4.83. The Morgan fingerprint density at radius 1 is 1.67 bits per heavy atom. The van der Waals surface area contributed by atoms with E-state index in [0.717, 1.165) is 12.8 Å². The van der Waals surface area contributed by atoms with Gasteiger partial charge in [0.15, 0.2) is 11.8 Å². The van der Waals surface area contributed by atoms with Crippen molar-refractivity contribution in [2.24, 2.45) is 0 Å². The van der Waals surface area contributed by atoms with E-state index in [0.29, 0.717) is 12.4 Å². The molecule has 1 atom stereocenters. The first kappa shape index (κ1) is 12.7. The molecule has 5 nitrogen and oxygen atoms in total. The standard InChI is InChI=1S/C13H16N2O3/c1-4-13(2,3)18-10-8-11(16)15(14-9-10)12-6-5-7-17-12/h1,8-9,12H,5-7H2,2-3H3. The van der Waals surface area contributed by atoms with Gasteiger partial charge in [0, 0.05) is 12.7 Å². The van der Waals surface area contributed by atoms with Gasteiger partial charge in [0.25, 0.3) is 5.56 Å². The summed E-state index contributed by atoms with van der Waals surface area (Å²) in [5.41, 5.74) is -1.00. The Morgan fingerprint density at radius 2 is 2.44 bits per heavy atom. The van der Waals surface area contributed by atoms with Crippen LogP contribution in [0.15, 0.2) is 17.1 Å². The summed E-state index contributed by atoms with van der Waals surface area (Å²) in [6, 6.07) is 1.38. The maximum atomic E-state index is 11.9. The highest BCUT2D eigenvalue weighted by Crippen LogP contribution is 2.21. The van der Waals surface area contributed by atoms with Gasteiger partial charge in [-0.25, -0.2) is 4.68 Å². The summed E-state index contributed by atoms with van der Waals surface area (Å²) in [5, 5.41) is 4.06. The molecule has 0 aliphatic carbocycles. The number of nitrogens with zero attached hydrogens (tertiary/aromatic N) is 2. The van der Waals surface area contributed by atoms with Crippen molar-refractivity contribution in [2.75, 3.05) is 6.61 Å². The van der Waals surface area contributed by atoms with E-state index < -0.39 is 5.60 Å². The molecule has 18 heavy (non-hydrogen) atoms. The predicted molar refractivity (Wildman–Crippen MR) is 66.3 cm³/mol. The highest BCUT2D eigenvalue weighted by molar-refractivity contribution is 5.18. The lowest BCUT2D eigenvalue weighted by atomic mass is 10.1. The molecule has 1 unspecified atom stereocenters. The largest absolute Gasteiger partial charge is 0.473 e. The molecule has 0 radical (unpaired) electrons. The summed E-state index contributed by atoms with van der Waals surface area (Å²) in [5.74, 6) is 2.87. The topological polar surface area (TPSA) is 53.4 Å². The van der Waals surface area contributed by atoms with E-state index in [-0.39, 0.29) is 11.8 Å². The summed E-state index contributed by atoms with van der Waals surface area (Å²) in [6.45, 7) is 4.17. The Bertz CT molecular complexity index is 522. The third kappa shape index (κ3) is 2.71. The molecule has 0 saturated carbocycles.